The van der Waals surface area contributed by atoms with Crippen molar-refractivity contribution in [3.8, 4) is 0 Å². The van der Waals surface area contributed by atoms with Crippen LogP contribution in [-0.2, 0) is 25.6 Å². The fourth-order valence-corrected chi connectivity index (χ4v) is 2.20. The van der Waals surface area contributed by atoms with Gasteiger partial charge in [0.15, 0.2) is 0 Å². The SMILES string of the molecule is CC(NC(=O)C(N)Cc1cnc[nH]1)C(=O)NC(C(=O)NCC(=O)O)C(C)C. The van der Waals surface area contributed by atoms with Crippen molar-refractivity contribution >= 4 is 23.7 Å². The molecule has 11 heteroatoms. The zero-order valence-electron chi connectivity index (χ0n) is 15.5. The Morgan fingerprint density at radius 2 is 1.81 bits per heavy atom. The predicted octanol–water partition coefficient (Wildman–Crippen LogP) is -1.87. The van der Waals surface area contributed by atoms with Crippen LogP contribution in [0.2, 0.25) is 0 Å². The van der Waals surface area contributed by atoms with E-state index in [0.29, 0.717) is 5.69 Å². The zero-order valence-corrected chi connectivity index (χ0v) is 15.5. The number of hydrogen-bond donors (Lipinski definition) is 6. The minimum atomic E-state index is -1.19. The van der Waals surface area contributed by atoms with Crippen molar-refractivity contribution in [3.05, 3.63) is 18.2 Å². The molecule has 0 saturated heterocycles. The molecule has 7 N–H and O–H groups in total. The Morgan fingerprint density at radius 1 is 1.15 bits per heavy atom. The van der Waals surface area contributed by atoms with Crippen molar-refractivity contribution in [2.75, 3.05) is 6.54 Å². The summed E-state index contributed by atoms with van der Waals surface area (Å²) in [5.41, 5.74) is 6.50. The van der Waals surface area contributed by atoms with Gasteiger partial charge in [0.25, 0.3) is 0 Å². The Balaban J connectivity index is 2.58. The number of carboxylic acid groups (broad SMARTS) is 1. The first-order valence-corrected chi connectivity index (χ1v) is 8.44. The van der Waals surface area contributed by atoms with Crippen molar-refractivity contribution in [1.29, 1.82) is 0 Å². The van der Waals surface area contributed by atoms with Crippen molar-refractivity contribution in [2.24, 2.45) is 11.7 Å². The number of H-pyrrole nitrogens is 1. The highest BCUT2D eigenvalue weighted by Crippen LogP contribution is 2.03. The third-order valence-corrected chi connectivity index (χ3v) is 3.74. The molecule has 0 fully saturated rings. The zero-order chi connectivity index (χ0) is 20.6. The highest BCUT2D eigenvalue weighted by Gasteiger charge is 2.27. The number of aliphatic carboxylic acids is 1. The van der Waals surface area contributed by atoms with Crippen molar-refractivity contribution in [1.82, 2.24) is 25.9 Å². The maximum Gasteiger partial charge on any atom is 0.322 e. The summed E-state index contributed by atoms with van der Waals surface area (Å²) in [5, 5.41) is 15.9. The number of carboxylic acids is 1. The molecule has 0 bridgehead atoms. The van der Waals surface area contributed by atoms with Crippen LogP contribution in [0.5, 0.6) is 0 Å². The molecule has 3 atom stereocenters. The fraction of sp³-hybridized carbons (Fsp3) is 0.562. The molecule has 3 unspecified atom stereocenters. The van der Waals surface area contributed by atoms with E-state index in [1.165, 1.54) is 13.3 Å². The third-order valence-electron chi connectivity index (χ3n) is 3.74. The lowest BCUT2D eigenvalue weighted by atomic mass is 10.0. The van der Waals surface area contributed by atoms with Gasteiger partial charge >= 0.3 is 5.97 Å². The van der Waals surface area contributed by atoms with Gasteiger partial charge in [0, 0.05) is 18.3 Å². The molecule has 0 aliphatic rings. The Labute approximate surface area is 156 Å². The molecule has 0 radical (unpaired) electrons. The highest BCUT2D eigenvalue weighted by molar-refractivity contribution is 5.93. The molecule has 1 heterocycles. The first kappa shape index (κ1) is 22.1. The van der Waals surface area contributed by atoms with Gasteiger partial charge in [-0.15, -0.1) is 0 Å². The van der Waals surface area contributed by atoms with Gasteiger partial charge < -0.3 is 31.8 Å². The lowest BCUT2D eigenvalue weighted by Gasteiger charge is -2.24. The maximum atomic E-state index is 12.3. The van der Waals surface area contributed by atoms with E-state index in [2.05, 4.69) is 25.9 Å². The monoisotopic (exact) mass is 382 g/mol. The summed E-state index contributed by atoms with van der Waals surface area (Å²) in [5.74, 6) is -3.20. The lowest BCUT2D eigenvalue weighted by molar-refractivity contribution is -0.138. The maximum absolute atomic E-state index is 12.3. The normalized spacial score (nSPS) is 14.1. The van der Waals surface area contributed by atoms with E-state index in [1.807, 2.05) is 0 Å². The van der Waals surface area contributed by atoms with Gasteiger partial charge in [0.1, 0.15) is 18.6 Å². The second-order valence-corrected chi connectivity index (χ2v) is 6.46. The molecular formula is C16H26N6O5. The van der Waals surface area contributed by atoms with Crippen molar-refractivity contribution < 1.29 is 24.3 Å². The van der Waals surface area contributed by atoms with Crippen LogP contribution in [0.25, 0.3) is 0 Å². The molecule has 11 nitrogen and oxygen atoms in total. The summed E-state index contributed by atoms with van der Waals surface area (Å²) in [4.78, 5) is 53.7. The van der Waals surface area contributed by atoms with Crippen LogP contribution < -0.4 is 21.7 Å². The number of aromatic nitrogens is 2. The molecule has 1 aromatic rings. The molecule has 1 rings (SSSR count). The van der Waals surface area contributed by atoms with Crippen LogP contribution >= 0.6 is 0 Å². The van der Waals surface area contributed by atoms with Crippen LogP contribution in [0, 0.1) is 5.92 Å². The van der Waals surface area contributed by atoms with Gasteiger partial charge in [0.05, 0.1) is 12.4 Å². The number of nitrogens with two attached hydrogens (primary N) is 1. The second-order valence-electron chi connectivity index (χ2n) is 6.46. The second kappa shape index (κ2) is 10.3. The number of aromatic amines is 1. The average molecular weight is 382 g/mol. The number of hydrogen-bond acceptors (Lipinski definition) is 6. The smallest absolute Gasteiger partial charge is 0.322 e. The standard InChI is InChI=1S/C16H26N6O5/c1-8(2)13(16(27)19-6-12(23)24)22-14(25)9(3)21-15(26)11(17)4-10-5-18-7-20-10/h5,7-9,11,13H,4,6,17H2,1-3H3,(H,18,20)(H,19,27)(H,21,26)(H,22,25)(H,23,24). The average Bonchev–Trinajstić information content (AvgIpc) is 3.09. The van der Waals surface area contributed by atoms with Crippen LogP contribution in [-0.4, -0.2) is 63.4 Å². The lowest BCUT2D eigenvalue weighted by Crippen LogP contribution is -2.56. The van der Waals surface area contributed by atoms with Crippen LogP contribution in [0.3, 0.4) is 0 Å². The van der Waals surface area contributed by atoms with Crippen LogP contribution in [0.15, 0.2) is 12.5 Å². The van der Waals surface area contributed by atoms with Gasteiger partial charge in [-0.3, -0.25) is 19.2 Å². The Hall–Kier alpha value is -2.95. The van der Waals surface area contributed by atoms with Crippen molar-refractivity contribution in [3.63, 3.8) is 0 Å². The first-order chi connectivity index (χ1) is 12.6. The van der Waals surface area contributed by atoms with Gasteiger partial charge in [-0.2, -0.15) is 0 Å². The van der Waals surface area contributed by atoms with Gasteiger partial charge in [0.2, 0.25) is 17.7 Å². The van der Waals surface area contributed by atoms with Crippen LogP contribution in [0.4, 0.5) is 0 Å². The summed E-state index contributed by atoms with van der Waals surface area (Å²) >= 11 is 0. The quantitative estimate of drug-likeness (QED) is 0.274. The summed E-state index contributed by atoms with van der Waals surface area (Å²) < 4.78 is 0. The van der Waals surface area contributed by atoms with Gasteiger partial charge in [-0.05, 0) is 12.8 Å². The molecule has 3 amide bonds. The van der Waals surface area contributed by atoms with Gasteiger partial charge in [-0.25, -0.2) is 4.98 Å². The molecule has 1 aromatic heterocycles. The number of imidazole rings is 1. The topological polar surface area (TPSA) is 179 Å². The molecular weight excluding hydrogens is 356 g/mol. The van der Waals surface area contributed by atoms with Crippen molar-refractivity contribution in [2.45, 2.75) is 45.3 Å². The number of nitrogens with zero attached hydrogens (tertiary/aromatic N) is 1. The molecule has 0 aromatic carbocycles. The molecule has 0 aliphatic heterocycles. The third kappa shape index (κ3) is 7.44. The van der Waals surface area contributed by atoms with E-state index in [4.69, 9.17) is 10.8 Å². The highest BCUT2D eigenvalue weighted by atomic mass is 16.4. The Morgan fingerprint density at radius 3 is 2.33 bits per heavy atom. The largest absolute Gasteiger partial charge is 0.480 e. The molecule has 27 heavy (non-hydrogen) atoms. The summed E-state index contributed by atoms with van der Waals surface area (Å²) in [6.45, 7) is 4.32. The summed E-state index contributed by atoms with van der Waals surface area (Å²) in [6, 6.07) is -2.74. The number of carbonyl (C=O) groups excluding carboxylic acids is 3. The fourth-order valence-electron chi connectivity index (χ4n) is 2.20. The first-order valence-electron chi connectivity index (χ1n) is 8.44. The van der Waals surface area contributed by atoms with Gasteiger partial charge in [-0.1, -0.05) is 13.8 Å². The van der Waals surface area contributed by atoms with E-state index >= 15 is 0 Å². The summed E-state index contributed by atoms with van der Waals surface area (Å²) in [7, 11) is 0. The van der Waals surface area contributed by atoms with E-state index in [9.17, 15) is 19.2 Å². The predicted molar refractivity (Wildman–Crippen MR) is 95.3 cm³/mol. The number of nitrogens with one attached hydrogen (secondary N) is 4. The Bertz CT molecular complexity index is 660. The van der Waals surface area contributed by atoms with E-state index < -0.39 is 48.4 Å². The molecule has 150 valence electrons. The number of rotatable bonds is 10. The minimum absolute atomic E-state index is 0.229. The van der Waals surface area contributed by atoms with E-state index in [-0.39, 0.29) is 12.3 Å². The summed E-state index contributed by atoms with van der Waals surface area (Å²) in [6.07, 6.45) is 3.25. The molecule has 0 spiro atoms. The van der Waals surface area contributed by atoms with E-state index in [0.717, 1.165) is 0 Å². The van der Waals surface area contributed by atoms with Crippen LogP contribution in [0.1, 0.15) is 26.5 Å². The number of carbonyl (C=O) groups is 4. The number of amides is 3. The molecule has 0 aliphatic carbocycles. The molecule has 0 saturated carbocycles. The van der Waals surface area contributed by atoms with E-state index in [1.54, 1.807) is 20.0 Å². The minimum Gasteiger partial charge on any atom is -0.480 e. The Kier molecular flexibility index (Phi) is 8.39.